The molecule has 0 heterocycles. The van der Waals surface area contributed by atoms with Gasteiger partial charge in [-0.1, -0.05) is 50.4 Å². The first kappa shape index (κ1) is 15.7. The Bertz CT molecular complexity index is 367. The van der Waals surface area contributed by atoms with Crippen molar-refractivity contribution in [2.45, 2.75) is 38.6 Å². The van der Waals surface area contributed by atoms with Gasteiger partial charge in [0.25, 0.3) is 0 Å². The van der Waals surface area contributed by atoms with E-state index in [1.807, 2.05) is 6.07 Å². The number of nitrogens with one attached hydrogen (secondary N) is 1. The molecule has 0 radical (unpaired) electrons. The molecular weight excluding hydrogens is 272 g/mol. The Morgan fingerprint density at radius 3 is 2.56 bits per heavy atom. The zero-order valence-electron chi connectivity index (χ0n) is 10.8. The van der Waals surface area contributed by atoms with Gasteiger partial charge in [-0.2, -0.15) is 0 Å². The van der Waals surface area contributed by atoms with E-state index in [2.05, 4.69) is 19.2 Å². The molecule has 0 aliphatic carbocycles. The number of rotatable bonds is 7. The van der Waals surface area contributed by atoms with Gasteiger partial charge in [-0.05, 0) is 17.5 Å². The summed E-state index contributed by atoms with van der Waals surface area (Å²) >= 11 is 12.2. The largest absolute Gasteiger partial charge is 0.311 e. The van der Waals surface area contributed by atoms with Crippen LogP contribution < -0.4 is 5.32 Å². The molecule has 1 aromatic rings. The molecule has 1 rings (SSSR count). The second kappa shape index (κ2) is 7.98. The Morgan fingerprint density at radius 2 is 1.94 bits per heavy atom. The summed E-state index contributed by atoms with van der Waals surface area (Å²) < 4.78 is 13.2. The zero-order chi connectivity index (χ0) is 13.5. The van der Waals surface area contributed by atoms with Gasteiger partial charge < -0.3 is 5.32 Å². The average molecular weight is 292 g/mol. The van der Waals surface area contributed by atoms with Gasteiger partial charge in [0.2, 0.25) is 0 Å². The summed E-state index contributed by atoms with van der Waals surface area (Å²) in [6, 6.07) is 4.84. The molecule has 18 heavy (non-hydrogen) atoms. The summed E-state index contributed by atoms with van der Waals surface area (Å²) in [6.07, 6.45) is 2.15. The highest BCUT2D eigenvalue weighted by Gasteiger charge is 2.15. The minimum Gasteiger partial charge on any atom is -0.311 e. The van der Waals surface area contributed by atoms with Crippen molar-refractivity contribution >= 4 is 23.2 Å². The summed E-state index contributed by atoms with van der Waals surface area (Å²) in [6.45, 7) is 5.54. The molecule has 1 aromatic carbocycles. The van der Waals surface area contributed by atoms with Gasteiger partial charge in [0.15, 0.2) is 0 Å². The maximum absolute atomic E-state index is 13.2. The van der Waals surface area contributed by atoms with Crippen molar-refractivity contribution < 1.29 is 4.39 Å². The van der Waals surface area contributed by atoms with Crippen molar-refractivity contribution in [1.82, 2.24) is 5.32 Å². The van der Waals surface area contributed by atoms with Crippen LogP contribution in [0.4, 0.5) is 4.39 Å². The topological polar surface area (TPSA) is 12.0 Å². The van der Waals surface area contributed by atoms with Crippen molar-refractivity contribution in [3.05, 3.63) is 34.6 Å². The highest BCUT2D eigenvalue weighted by atomic mass is 35.5. The minimum atomic E-state index is -0.376. The van der Waals surface area contributed by atoms with Crippen LogP contribution in [-0.2, 0) is 6.54 Å². The number of alkyl halides is 1. The number of hydrogen-bond acceptors (Lipinski definition) is 1. The lowest BCUT2D eigenvalue weighted by molar-refractivity contribution is 0.446. The van der Waals surface area contributed by atoms with Crippen LogP contribution in [0.5, 0.6) is 0 Å². The van der Waals surface area contributed by atoms with Gasteiger partial charge in [0.05, 0.1) is 5.02 Å². The smallest absolute Gasteiger partial charge is 0.142 e. The second-order valence-electron chi connectivity index (χ2n) is 4.44. The van der Waals surface area contributed by atoms with Crippen LogP contribution in [-0.4, -0.2) is 11.9 Å². The van der Waals surface area contributed by atoms with Crippen LogP contribution in [0, 0.1) is 11.7 Å². The summed E-state index contributed by atoms with van der Waals surface area (Å²) in [5.41, 5.74) is 0.769. The monoisotopic (exact) mass is 291 g/mol. The third-order valence-electron chi connectivity index (χ3n) is 3.25. The summed E-state index contributed by atoms with van der Waals surface area (Å²) in [5, 5.41) is 3.53. The molecular formula is C14H20Cl2FN. The highest BCUT2D eigenvalue weighted by molar-refractivity contribution is 6.31. The highest BCUT2D eigenvalue weighted by Crippen LogP contribution is 2.20. The fourth-order valence-corrected chi connectivity index (χ4v) is 2.65. The van der Waals surface area contributed by atoms with Crippen LogP contribution in [0.15, 0.2) is 18.2 Å². The van der Waals surface area contributed by atoms with Gasteiger partial charge >= 0.3 is 0 Å². The Morgan fingerprint density at radius 1 is 1.28 bits per heavy atom. The SMILES string of the molecule is CCC(CC)C(Cl)CNCc1cccc(F)c1Cl. The van der Waals surface area contributed by atoms with Gasteiger partial charge in [-0.3, -0.25) is 0 Å². The first-order valence-corrected chi connectivity index (χ1v) is 7.19. The molecule has 1 atom stereocenters. The minimum absolute atomic E-state index is 0.104. The molecule has 0 aliphatic rings. The molecule has 0 saturated heterocycles. The number of halogens is 3. The van der Waals surface area contributed by atoms with Crippen molar-refractivity contribution in [2.24, 2.45) is 5.92 Å². The summed E-state index contributed by atoms with van der Waals surface area (Å²) in [5.74, 6) is 0.139. The third-order valence-corrected chi connectivity index (χ3v) is 4.18. The molecule has 0 spiro atoms. The van der Waals surface area contributed by atoms with Crippen LogP contribution in [0.1, 0.15) is 32.3 Å². The van der Waals surface area contributed by atoms with Crippen LogP contribution in [0.2, 0.25) is 5.02 Å². The predicted molar refractivity (Wildman–Crippen MR) is 76.8 cm³/mol. The van der Waals surface area contributed by atoms with Gasteiger partial charge in [-0.25, -0.2) is 4.39 Å². The number of benzene rings is 1. The fraction of sp³-hybridized carbons (Fsp3) is 0.571. The molecule has 0 fully saturated rings. The van der Waals surface area contributed by atoms with E-state index in [0.29, 0.717) is 19.0 Å². The summed E-state index contributed by atoms with van der Waals surface area (Å²) in [4.78, 5) is 0. The maximum Gasteiger partial charge on any atom is 0.142 e. The van der Waals surface area contributed by atoms with Gasteiger partial charge in [0, 0.05) is 18.5 Å². The fourth-order valence-electron chi connectivity index (χ4n) is 2.00. The molecule has 0 saturated carbocycles. The van der Waals surface area contributed by atoms with E-state index in [-0.39, 0.29) is 16.2 Å². The van der Waals surface area contributed by atoms with E-state index in [9.17, 15) is 4.39 Å². The standard InChI is InChI=1S/C14H20Cl2FN/c1-3-10(4-2)12(15)9-18-8-11-6-5-7-13(17)14(11)16/h5-7,10,12,18H,3-4,8-9H2,1-2H3. The van der Waals surface area contributed by atoms with E-state index in [0.717, 1.165) is 18.4 Å². The molecule has 1 nitrogen and oxygen atoms in total. The predicted octanol–water partition coefficient (Wildman–Crippen LogP) is 4.61. The molecule has 4 heteroatoms. The van der Waals surface area contributed by atoms with E-state index in [4.69, 9.17) is 23.2 Å². The van der Waals surface area contributed by atoms with E-state index in [1.54, 1.807) is 6.07 Å². The van der Waals surface area contributed by atoms with Crippen LogP contribution in [0.3, 0.4) is 0 Å². The quantitative estimate of drug-likeness (QED) is 0.723. The Kier molecular flexibility index (Phi) is 6.98. The molecule has 0 aliphatic heterocycles. The summed E-state index contributed by atoms with van der Waals surface area (Å²) in [7, 11) is 0. The van der Waals surface area contributed by atoms with Gasteiger partial charge in [0.1, 0.15) is 5.82 Å². The normalized spacial score (nSPS) is 13.0. The van der Waals surface area contributed by atoms with Crippen molar-refractivity contribution in [2.75, 3.05) is 6.54 Å². The molecule has 0 bridgehead atoms. The third kappa shape index (κ3) is 4.42. The van der Waals surface area contributed by atoms with Crippen molar-refractivity contribution in [1.29, 1.82) is 0 Å². The second-order valence-corrected chi connectivity index (χ2v) is 5.37. The lowest BCUT2D eigenvalue weighted by atomic mass is 9.99. The molecule has 0 aromatic heterocycles. The van der Waals surface area contributed by atoms with E-state index >= 15 is 0 Å². The lowest BCUT2D eigenvalue weighted by Gasteiger charge is -2.19. The molecule has 1 N–H and O–H groups in total. The van der Waals surface area contributed by atoms with Crippen LogP contribution in [0.25, 0.3) is 0 Å². The Labute approximate surface area is 119 Å². The first-order valence-electron chi connectivity index (χ1n) is 6.37. The van der Waals surface area contributed by atoms with Crippen molar-refractivity contribution in [3.8, 4) is 0 Å². The van der Waals surface area contributed by atoms with Gasteiger partial charge in [-0.15, -0.1) is 11.6 Å². The zero-order valence-corrected chi connectivity index (χ0v) is 12.4. The Balaban J connectivity index is 2.44. The van der Waals surface area contributed by atoms with Crippen LogP contribution >= 0.6 is 23.2 Å². The lowest BCUT2D eigenvalue weighted by Crippen LogP contribution is -2.28. The molecule has 102 valence electrons. The van der Waals surface area contributed by atoms with E-state index < -0.39 is 0 Å². The van der Waals surface area contributed by atoms with Crippen molar-refractivity contribution in [3.63, 3.8) is 0 Å². The average Bonchev–Trinajstić information content (AvgIpc) is 2.36. The molecule has 0 amide bonds. The number of hydrogen-bond donors (Lipinski definition) is 1. The molecule has 1 unspecified atom stereocenters. The van der Waals surface area contributed by atoms with E-state index in [1.165, 1.54) is 6.07 Å². The maximum atomic E-state index is 13.2. The Hall–Kier alpha value is -0.310. The first-order chi connectivity index (χ1) is 8.60.